The molecular weight excluding hydrogens is 232 g/mol. The first kappa shape index (κ1) is 13.4. The molecule has 1 heterocycles. The van der Waals surface area contributed by atoms with E-state index in [2.05, 4.69) is 4.74 Å². The summed E-state index contributed by atoms with van der Waals surface area (Å²) in [5.41, 5.74) is 5.75. The second-order valence-electron chi connectivity index (χ2n) is 4.10. The Kier molecular flexibility index (Phi) is 4.28. The first-order valence-electron chi connectivity index (χ1n) is 5.17. The minimum atomic E-state index is -3.38. The van der Waals surface area contributed by atoms with Crippen LogP contribution in [0.25, 0.3) is 0 Å². The fourth-order valence-electron chi connectivity index (χ4n) is 1.62. The first-order valence-corrected chi connectivity index (χ1v) is 6.78. The van der Waals surface area contributed by atoms with Crippen molar-refractivity contribution in [2.75, 3.05) is 26.0 Å². The van der Waals surface area contributed by atoms with Gasteiger partial charge in [-0.2, -0.15) is 0 Å². The largest absolute Gasteiger partial charge is 0.469 e. The molecule has 94 valence electrons. The number of rotatable bonds is 4. The van der Waals surface area contributed by atoms with Gasteiger partial charge in [0.1, 0.15) is 0 Å². The Bertz CT molecular complexity index is 345. The summed E-state index contributed by atoms with van der Waals surface area (Å²) < 4.78 is 29.4. The zero-order valence-electron chi connectivity index (χ0n) is 9.55. The van der Waals surface area contributed by atoms with Crippen molar-refractivity contribution >= 4 is 16.0 Å². The monoisotopic (exact) mass is 250 g/mol. The molecule has 2 unspecified atom stereocenters. The predicted molar refractivity (Wildman–Crippen MR) is 59.1 cm³/mol. The number of esters is 1. The number of sulfonamides is 1. The van der Waals surface area contributed by atoms with E-state index in [-0.39, 0.29) is 24.1 Å². The summed E-state index contributed by atoms with van der Waals surface area (Å²) in [6.45, 7) is 2.69. The van der Waals surface area contributed by atoms with Crippen LogP contribution in [-0.4, -0.2) is 50.7 Å². The maximum atomic E-state index is 11.8. The van der Waals surface area contributed by atoms with E-state index in [1.807, 2.05) is 6.92 Å². The van der Waals surface area contributed by atoms with E-state index in [4.69, 9.17) is 5.73 Å². The third-order valence-corrected chi connectivity index (χ3v) is 4.63. The van der Waals surface area contributed by atoms with Gasteiger partial charge in [-0.05, 0) is 5.92 Å². The smallest absolute Gasteiger partial charge is 0.306 e. The van der Waals surface area contributed by atoms with Gasteiger partial charge in [0.05, 0.1) is 19.3 Å². The Hall–Kier alpha value is -0.660. The molecule has 1 saturated heterocycles. The average molecular weight is 250 g/mol. The molecule has 0 aromatic heterocycles. The Morgan fingerprint density at radius 3 is 2.56 bits per heavy atom. The van der Waals surface area contributed by atoms with Gasteiger partial charge in [0.15, 0.2) is 0 Å². The fraction of sp³-hybridized carbons (Fsp3) is 0.889. The third kappa shape index (κ3) is 3.16. The summed E-state index contributed by atoms with van der Waals surface area (Å²) in [5, 5.41) is 0. The van der Waals surface area contributed by atoms with Crippen molar-refractivity contribution in [2.45, 2.75) is 19.4 Å². The molecule has 0 aromatic carbocycles. The minimum absolute atomic E-state index is 0.112. The Balaban J connectivity index is 2.55. The lowest BCUT2D eigenvalue weighted by Gasteiger charge is -2.15. The number of hydrogen-bond donors (Lipinski definition) is 1. The van der Waals surface area contributed by atoms with Crippen LogP contribution in [0.2, 0.25) is 0 Å². The second kappa shape index (κ2) is 5.11. The number of hydrogen-bond acceptors (Lipinski definition) is 5. The van der Waals surface area contributed by atoms with Crippen LogP contribution in [0.5, 0.6) is 0 Å². The van der Waals surface area contributed by atoms with Gasteiger partial charge < -0.3 is 10.5 Å². The highest BCUT2D eigenvalue weighted by Gasteiger charge is 2.34. The Labute approximate surface area is 95.8 Å². The number of carbonyl (C=O) groups is 1. The molecule has 1 rings (SSSR count). The maximum absolute atomic E-state index is 11.8. The average Bonchev–Trinajstić information content (AvgIpc) is 2.56. The highest BCUT2D eigenvalue weighted by molar-refractivity contribution is 7.89. The van der Waals surface area contributed by atoms with Gasteiger partial charge in [-0.15, -0.1) is 0 Å². The second-order valence-corrected chi connectivity index (χ2v) is 6.19. The third-order valence-electron chi connectivity index (χ3n) is 2.82. The zero-order valence-corrected chi connectivity index (χ0v) is 10.4. The van der Waals surface area contributed by atoms with Crippen molar-refractivity contribution < 1.29 is 17.9 Å². The van der Waals surface area contributed by atoms with E-state index < -0.39 is 16.0 Å². The van der Waals surface area contributed by atoms with Crippen LogP contribution >= 0.6 is 0 Å². The van der Waals surface area contributed by atoms with Gasteiger partial charge >= 0.3 is 5.97 Å². The summed E-state index contributed by atoms with van der Waals surface area (Å²) in [4.78, 5) is 10.9. The first-order chi connectivity index (χ1) is 7.36. The molecule has 0 spiro atoms. The zero-order chi connectivity index (χ0) is 12.3. The molecule has 0 aliphatic carbocycles. The van der Waals surface area contributed by atoms with Gasteiger partial charge in [0.2, 0.25) is 10.0 Å². The molecule has 2 N–H and O–H groups in total. The van der Waals surface area contributed by atoms with Crippen molar-refractivity contribution in [3.8, 4) is 0 Å². The molecule has 0 saturated carbocycles. The van der Waals surface area contributed by atoms with Crippen LogP contribution < -0.4 is 5.73 Å². The van der Waals surface area contributed by atoms with Crippen molar-refractivity contribution in [3.63, 3.8) is 0 Å². The van der Waals surface area contributed by atoms with Crippen LogP contribution in [0, 0.1) is 5.92 Å². The lowest BCUT2D eigenvalue weighted by Crippen LogP contribution is -2.34. The lowest BCUT2D eigenvalue weighted by atomic mass is 10.1. The van der Waals surface area contributed by atoms with Crippen LogP contribution in [0.4, 0.5) is 0 Å². The quantitative estimate of drug-likeness (QED) is 0.657. The summed E-state index contributed by atoms with van der Waals surface area (Å²) in [7, 11) is -2.14. The van der Waals surface area contributed by atoms with Gasteiger partial charge in [-0.25, -0.2) is 12.7 Å². The molecule has 7 heteroatoms. The molecule has 2 atom stereocenters. The molecule has 0 aromatic rings. The normalized spacial score (nSPS) is 26.9. The number of carbonyl (C=O) groups excluding carboxylic acids is 1. The highest BCUT2D eigenvalue weighted by Crippen LogP contribution is 2.18. The van der Waals surface area contributed by atoms with Crippen LogP contribution in [0.3, 0.4) is 0 Å². The molecule has 0 radical (unpaired) electrons. The molecule has 16 heavy (non-hydrogen) atoms. The van der Waals surface area contributed by atoms with Gasteiger partial charge in [0, 0.05) is 19.1 Å². The molecule has 1 fully saturated rings. The molecular formula is C9H18N2O4S. The summed E-state index contributed by atoms with van der Waals surface area (Å²) in [6.07, 6.45) is -0.112. The minimum Gasteiger partial charge on any atom is -0.469 e. The SMILES string of the molecule is COC(=O)CCS(=O)(=O)N1CC(C)C(N)C1. The maximum Gasteiger partial charge on any atom is 0.306 e. The van der Waals surface area contributed by atoms with Crippen LogP contribution in [0.15, 0.2) is 0 Å². The van der Waals surface area contributed by atoms with E-state index >= 15 is 0 Å². The Morgan fingerprint density at radius 1 is 1.50 bits per heavy atom. The summed E-state index contributed by atoms with van der Waals surface area (Å²) in [6, 6.07) is -0.118. The predicted octanol–water partition coefficient (Wildman–Crippen LogP) is -0.842. The summed E-state index contributed by atoms with van der Waals surface area (Å²) >= 11 is 0. The number of ether oxygens (including phenoxy) is 1. The molecule has 1 aliphatic heterocycles. The summed E-state index contributed by atoms with van der Waals surface area (Å²) in [5.74, 6) is -0.563. The van der Waals surface area contributed by atoms with Crippen molar-refractivity contribution in [3.05, 3.63) is 0 Å². The van der Waals surface area contributed by atoms with Gasteiger partial charge in [-0.3, -0.25) is 4.79 Å². The molecule has 0 bridgehead atoms. The van der Waals surface area contributed by atoms with Crippen molar-refractivity contribution in [1.82, 2.24) is 4.31 Å². The van der Waals surface area contributed by atoms with E-state index in [1.165, 1.54) is 11.4 Å². The lowest BCUT2D eigenvalue weighted by molar-refractivity contribution is -0.140. The standard InChI is InChI=1S/C9H18N2O4S/c1-7-5-11(6-8(7)10)16(13,14)4-3-9(12)15-2/h7-8H,3-6,10H2,1-2H3. The molecule has 0 amide bonds. The van der Waals surface area contributed by atoms with E-state index in [9.17, 15) is 13.2 Å². The fourth-order valence-corrected chi connectivity index (χ4v) is 3.16. The molecule has 1 aliphatic rings. The van der Waals surface area contributed by atoms with E-state index in [1.54, 1.807) is 0 Å². The van der Waals surface area contributed by atoms with E-state index in [0.29, 0.717) is 13.1 Å². The highest BCUT2D eigenvalue weighted by atomic mass is 32.2. The van der Waals surface area contributed by atoms with Crippen LogP contribution in [0.1, 0.15) is 13.3 Å². The Morgan fingerprint density at radius 2 is 2.12 bits per heavy atom. The number of nitrogens with zero attached hydrogens (tertiary/aromatic N) is 1. The van der Waals surface area contributed by atoms with Crippen molar-refractivity contribution in [1.29, 1.82) is 0 Å². The van der Waals surface area contributed by atoms with Crippen molar-refractivity contribution in [2.24, 2.45) is 11.7 Å². The van der Waals surface area contributed by atoms with Gasteiger partial charge in [-0.1, -0.05) is 6.92 Å². The molecule has 6 nitrogen and oxygen atoms in total. The van der Waals surface area contributed by atoms with Crippen LogP contribution in [-0.2, 0) is 19.6 Å². The topological polar surface area (TPSA) is 89.7 Å². The number of methoxy groups -OCH3 is 1. The van der Waals surface area contributed by atoms with Gasteiger partial charge in [0.25, 0.3) is 0 Å². The van der Waals surface area contributed by atoms with E-state index in [0.717, 1.165) is 0 Å². The number of nitrogens with two attached hydrogens (primary N) is 1.